The molecule has 2 saturated heterocycles. The van der Waals surface area contributed by atoms with E-state index in [1.165, 1.54) is 10.5 Å². The summed E-state index contributed by atoms with van der Waals surface area (Å²) < 4.78 is 0. The molecule has 0 radical (unpaired) electrons. The number of amides is 7. The average molecular weight is 1110 g/mol. The molecule has 3 aromatic carbocycles. The molecule has 2 fully saturated rings. The van der Waals surface area contributed by atoms with Crippen molar-refractivity contribution < 1.29 is 38.4 Å². The Bertz CT molecular complexity index is 2920. The third kappa shape index (κ3) is 15.5. The summed E-state index contributed by atoms with van der Waals surface area (Å²) in [5.41, 5.74) is 2.49. The van der Waals surface area contributed by atoms with Crippen LogP contribution in [-0.4, -0.2) is 132 Å². The van der Waals surface area contributed by atoms with Gasteiger partial charge in [-0.15, -0.1) is 0 Å². The van der Waals surface area contributed by atoms with Crippen molar-refractivity contribution in [3.63, 3.8) is 0 Å². The zero-order chi connectivity index (χ0) is 58.9. The normalized spacial score (nSPS) is 23.7. The van der Waals surface area contributed by atoms with Gasteiger partial charge in [-0.25, -0.2) is 0 Å². The third-order valence-corrected chi connectivity index (χ3v) is 16.6. The summed E-state index contributed by atoms with van der Waals surface area (Å²) in [6, 6.07) is 12.6. The first-order chi connectivity index (χ1) is 38.4. The van der Waals surface area contributed by atoms with Crippen molar-refractivity contribution in [2.45, 2.75) is 174 Å². The summed E-state index contributed by atoms with van der Waals surface area (Å²) in [5.74, 6) is -3.16. The Hall–Kier alpha value is -6.98. The second-order valence-electron chi connectivity index (χ2n) is 25.0. The summed E-state index contributed by atoms with van der Waals surface area (Å²) in [6.07, 6.45) is 13.8. The van der Waals surface area contributed by atoms with E-state index in [9.17, 15) is 38.4 Å². The maximum atomic E-state index is 14.8. The van der Waals surface area contributed by atoms with Crippen molar-refractivity contribution in [3.05, 3.63) is 119 Å². The van der Waals surface area contributed by atoms with Crippen LogP contribution in [-0.2, 0) is 35.2 Å². The van der Waals surface area contributed by atoms with Crippen LogP contribution in [0.4, 0.5) is 0 Å². The van der Waals surface area contributed by atoms with Gasteiger partial charge in [0.25, 0.3) is 5.91 Å². The van der Waals surface area contributed by atoms with Crippen LogP contribution in [0.15, 0.2) is 97.1 Å². The number of carbonyl (C=O) groups excluding carboxylic acids is 8. The lowest BCUT2D eigenvalue weighted by atomic mass is 9.85. The van der Waals surface area contributed by atoms with Gasteiger partial charge in [-0.1, -0.05) is 120 Å². The van der Waals surface area contributed by atoms with Crippen molar-refractivity contribution in [3.8, 4) is 0 Å². The highest BCUT2D eigenvalue weighted by atomic mass is 16.2. The van der Waals surface area contributed by atoms with E-state index in [1.54, 1.807) is 63.2 Å². The first kappa shape index (κ1) is 61.6. The quantitative estimate of drug-likeness (QED) is 0.0724. The molecule has 81 heavy (non-hydrogen) atoms. The number of nitrogens with zero attached hydrogens (tertiary/aromatic N) is 2. The lowest BCUT2D eigenvalue weighted by molar-refractivity contribution is -0.144. The van der Waals surface area contributed by atoms with E-state index in [0.717, 1.165) is 48.6 Å². The molecule has 3 aromatic rings. The number of rotatable bonds is 17. The SMILES string of the molecule is C=C1/C=C\C=C/C[C@H](NC(=O)[C@@H]2C[C@H](CC(=O)c3ccc4ccc(C(=O)N[C@H]5C[C@@H](C(=O)N[C@@H]6CCCc7ccccc76)N(C(=O)[C@@H](NC(=O)[C@H](C)NC)C(C)(C)C)C5)cc4c3)CN2C(=O)[C@@H](NC(=O)[C@H](C)NC)C(C)(C)C)CCC1. The maximum absolute atomic E-state index is 14.8. The van der Waals surface area contributed by atoms with Gasteiger partial charge in [0.2, 0.25) is 35.4 Å². The number of likely N-dealkylation sites (N-methyl/N-ethyl adjacent to an activating group) is 2. The van der Waals surface area contributed by atoms with Gasteiger partial charge in [-0.2, -0.15) is 0 Å². The van der Waals surface area contributed by atoms with Gasteiger partial charge >= 0.3 is 0 Å². The average Bonchev–Trinajstić information content (AvgIpc) is 4.12. The standard InChI is InChI=1S/C64H87N9O8/c1-38-19-13-12-14-23-47(24-17-20-38)67-59(78)51-31-41(36-72(51)61(80)54(63(4,5)6)70-56(75)39(2)65-10)32-53(74)44-29-27-42-28-30-45(34-46(42)33-44)58(77)68-48-35-52(60(79)69-50-26-18-22-43-21-15-16-25-49(43)50)73(37-48)62(81)55(64(7,8)9)71-57(76)40(3)66-11/h12-16,19,21,25,27-30,33-34,39-41,47-48,50-52,54-55,65-66H,1,17-18,20,22-24,26,31-32,35-37H2,2-11H3,(H,67,78)(H,68,77)(H,69,79)(H,70,75)(H,71,76)/b14-12-,19-13-/t39-,40-,41+,47-,48-,50+,51-,52-,54+,55+/m0/s1. The van der Waals surface area contributed by atoms with E-state index < -0.39 is 70.8 Å². The zero-order valence-corrected chi connectivity index (χ0v) is 49.2. The van der Waals surface area contributed by atoms with Crippen molar-refractivity contribution in [2.75, 3.05) is 27.2 Å². The smallest absolute Gasteiger partial charge is 0.251 e. The van der Waals surface area contributed by atoms with Crippen molar-refractivity contribution in [2.24, 2.45) is 16.7 Å². The summed E-state index contributed by atoms with van der Waals surface area (Å²) in [5, 5.41) is 22.7. The highest BCUT2D eigenvalue weighted by Crippen LogP contribution is 2.34. The van der Waals surface area contributed by atoms with Crippen LogP contribution in [0.1, 0.15) is 151 Å². The Labute approximate surface area is 478 Å². The van der Waals surface area contributed by atoms with E-state index in [4.69, 9.17) is 0 Å². The van der Waals surface area contributed by atoms with Gasteiger partial charge < -0.3 is 47.0 Å². The van der Waals surface area contributed by atoms with E-state index in [0.29, 0.717) is 29.4 Å². The third-order valence-electron chi connectivity index (χ3n) is 16.6. The first-order valence-corrected chi connectivity index (χ1v) is 29.0. The molecule has 2 heterocycles. The van der Waals surface area contributed by atoms with Crippen LogP contribution < -0.4 is 37.2 Å². The number of fused-ring (bicyclic) bond motifs is 2. The number of nitrogens with one attached hydrogen (secondary N) is 7. The van der Waals surface area contributed by atoms with Gasteiger partial charge in [0.15, 0.2) is 5.78 Å². The fourth-order valence-electron chi connectivity index (χ4n) is 11.5. The van der Waals surface area contributed by atoms with Crippen molar-refractivity contribution in [1.82, 2.24) is 47.0 Å². The fourth-order valence-corrected chi connectivity index (χ4v) is 11.5. The van der Waals surface area contributed by atoms with Crippen LogP contribution >= 0.6 is 0 Å². The Morgan fingerprint density at radius 2 is 1.22 bits per heavy atom. The minimum atomic E-state index is -0.977. The number of benzene rings is 3. The monoisotopic (exact) mass is 1110 g/mol. The Balaban J connectivity index is 1.09. The van der Waals surface area contributed by atoms with E-state index >= 15 is 0 Å². The van der Waals surface area contributed by atoms with Gasteiger partial charge in [0.05, 0.1) is 18.1 Å². The molecule has 0 saturated carbocycles. The van der Waals surface area contributed by atoms with E-state index in [-0.39, 0.29) is 79.8 Å². The van der Waals surface area contributed by atoms with Crippen LogP contribution in [0.2, 0.25) is 0 Å². The number of hydrogen-bond acceptors (Lipinski definition) is 10. The number of carbonyl (C=O) groups is 8. The van der Waals surface area contributed by atoms with Gasteiger partial charge in [0.1, 0.15) is 24.2 Å². The molecule has 7 amide bonds. The van der Waals surface area contributed by atoms with Crippen LogP contribution in [0.3, 0.4) is 0 Å². The van der Waals surface area contributed by atoms with Gasteiger partial charge in [-0.05, 0) is 143 Å². The molecule has 7 rings (SSSR count). The first-order valence-electron chi connectivity index (χ1n) is 29.0. The number of hydrogen-bond donors (Lipinski definition) is 7. The van der Waals surface area contributed by atoms with Crippen molar-refractivity contribution >= 4 is 57.9 Å². The summed E-state index contributed by atoms with van der Waals surface area (Å²) in [7, 11) is 3.33. The lowest BCUT2D eigenvalue weighted by Gasteiger charge is -2.36. The summed E-state index contributed by atoms with van der Waals surface area (Å²) in [4.78, 5) is 117. The second-order valence-corrected chi connectivity index (χ2v) is 25.0. The minimum Gasteiger partial charge on any atom is -0.351 e. The largest absolute Gasteiger partial charge is 0.351 e. The fraction of sp³-hybridized carbons (Fsp3) is 0.531. The minimum absolute atomic E-state index is 0.0279. The molecule has 0 spiro atoms. The molecule has 0 bridgehead atoms. The molecule has 10 atom stereocenters. The molecule has 0 aromatic heterocycles. The number of allylic oxidation sites excluding steroid dienone is 4. The van der Waals surface area contributed by atoms with Crippen LogP contribution in [0, 0.1) is 16.7 Å². The van der Waals surface area contributed by atoms with E-state index in [2.05, 4.69) is 49.9 Å². The Morgan fingerprint density at radius 3 is 1.86 bits per heavy atom. The molecule has 4 aliphatic rings. The zero-order valence-electron chi connectivity index (χ0n) is 49.2. The highest BCUT2D eigenvalue weighted by molar-refractivity contribution is 6.03. The van der Waals surface area contributed by atoms with Crippen molar-refractivity contribution in [1.29, 1.82) is 0 Å². The predicted octanol–water partition coefficient (Wildman–Crippen LogP) is 6.53. The van der Waals surface area contributed by atoms with Crippen LogP contribution in [0.25, 0.3) is 10.8 Å². The molecule has 17 heteroatoms. The molecule has 17 nitrogen and oxygen atoms in total. The lowest BCUT2D eigenvalue weighted by Crippen LogP contribution is -2.59. The molecule has 2 aliphatic heterocycles. The molecular weight excluding hydrogens is 1020 g/mol. The number of Topliss-reactive ketones (excluding diaryl/α,β-unsaturated/α-hetero) is 1. The topological polar surface area (TPSA) is 227 Å². The predicted molar refractivity (Wildman–Crippen MR) is 316 cm³/mol. The Kier molecular flexibility index (Phi) is 20.3. The summed E-state index contributed by atoms with van der Waals surface area (Å²) >= 11 is 0. The van der Waals surface area contributed by atoms with E-state index in [1.807, 2.05) is 90.1 Å². The molecular formula is C64H87N9O8. The molecule has 436 valence electrons. The highest BCUT2D eigenvalue weighted by Gasteiger charge is 2.48. The number of aryl methyl sites for hydroxylation is 1. The number of likely N-dealkylation sites (tertiary alicyclic amines) is 2. The molecule has 0 unspecified atom stereocenters. The van der Waals surface area contributed by atoms with Gasteiger partial charge in [0, 0.05) is 42.7 Å². The molecule has 7 N–H and O–H groups in total. The number of ketones is 1. The second kappa shape index (κ2) is 26.7. The van der Waals surface area contributed by atoms with Crippen LogP contribution in [0.5, 0.6) is 0 Å². The molecule has 2 aliphatic carbocycles. The maximum Gasteiger partial charge on any atom is 0.251 e. The summed E-state index contributed by atoms with van der Waals surface area (Å²) in [6.45, 7) is 18.9. The Morgan fingerprint density at radius 1 is 0.642 bits per heavy atom. The van der Waals surface area contributed by atoms with Gasteiger partial charge in [-0.3, -0.25) is 38.4 Å².